The summed E-state index contributed by atoms with van der Waals surface area (Å²) in [6.07, 6.45) is 14.3. The number of rotatable bonds is 20. The number of aromatic nitrogens is 4. The molecule has 15 rings (SSSR count). The van der Waals surface area contributed by atoms with Crippen LogP contribution in [0.25, 0.3) is 112 Å². The van der Waals surface area contributed by atoms with Crippen LogP contribution in [0.2, 0.25) is 0 Å². The van der Waals surface area contributed by atoms with Gasteiger partial charge in [-0.2, -0.15) is 0 Å². The Labute approximate surface area is 812 Å². The number of aryl methyl sites for hydroxylation is 5. The van der Waals surface area contributed by atoms with Gasteiger partial charge in [-0.05, 0) is 275 Å². The topological polar surface area (TPSA) is 83.9 Å². The Morgan fingerprint density at radius 1 is 0.372 bits per heavy atom. The van der Waals surface area contributed by atoms with Crippen LogP contribution in [0.4, 0.5) is 5.69 Å². The van der Waals surface area contributed by atoms with Crippen LogP contribution in [-0.4, -0.2) is 30.8 Å². The van der Waals surface area contributed by atoms with E-state index in [1.54, 1.807) is 6.92 Å². The number of anilines is 1. The quantitative estimate of drug-likeness (QED) is 0.0345. The molecular weight excluding hydrogens is 2100 g/mol. The minimum absolute atomic E-state index is 0. The summed E-state index contributed by atoms with van der Waals surface area (Å²) >= 11 is 0. The average molecular weight is 2230 g/mol. The second-order valence-corrected chi connectivity index (χ2v) is 38.9. The van der Waals surface area contributed by atoms with Crippen LogP contribution >= 0.6 is 0 Å². The predicted octanol–water partition coefficient (Wildman–Crippen LogP) is 32.5. The van der Waals surface area contributed by atoms with Crippen molar-refractivity contribution >= 4 is 17.4 Å². The maximum atomic E-state index is 8.59. The maximum Gasteiger partial charge on any atom is 0.109 e. The molecule has 0 saturated carbocycles. The number of hydrogen-bond acceptors (Lipinski definition) is 3. The van der Waals surface area contributed by atoms with E-state index in [-0.39, 0.29) is 87.8 Å². The summed E-state index contributed by atoms with van der Waals surface area (Å²) < 4.78 is 4.43. The standard InChI is InChI=1S/C69H74N3.C27H27N2.C23H27N2.3Ir/c1-44-35-53(59-42-56(49-23-31-62(32-24-49)68(10,11)12)39-57(43-59)50-25-33-63(34-26-50)69(13,14)15)36-45(2)64(44)72-65(71-46(3)70)52-18-16-17-51(37-52)58-40-54(47-19-27-60(28-20-47)66(4,5)6)38-55(41-58)48-21-29-61(30-22-48)67(7,8)9;1-19(2)24-17-23(21-11-7-5-8-12-21)18-25(20(3)4)26(24)29-16-15-28-27(29)22-13-9-6-10-14-22;1-4-5-6-8-11-20-16-18(2)22(19(3)17-20)25-15-14-24-23(25)21-12-9-7-10-13-21;;;/h16-17,19-43H,1-15H3,(H2,70,71,72);5-13,15-20H,1-4H3;7,9-10,12,14-17H,4-6,8,11H2,1-3H3;;;/q3*-1;;;. The van der Waals surface area contributed by atoms with Gasteiger partial charge in [-0.25, -0.2) is 0 Å². The van der Waals surface area contributed by atoms with Gasteiger partial charge in [0.25, 0.3) is 0 Å². The molecule has 10 heteroatoms. The van der Waals surface area contributed by atoms with Gasteiger partial charge in [-0.15, -0.1) is 107 Å². The minimum atomic E-state index is 0. The Morgan fingerprint density at radius 3 is 1.09 bits per heavy atom. The Balaban J connectivity index is 0.000000247. The molecule has 2 heterocycles. The van der Waals surface area contributed by atoms with Crippen molar-refractivity contribution in [3.8, 4) is 112 Å². The van der Waals surface area contributed by atoms with E-state index in [0.717, 1.165) is 78.5 Å². The van der Waals surface area contributed by atoms with Crippen LogP contribution in [0.3, 0.4) is 0 Å². The first-order chi connectivity index (χ1) is 60.1. The summed E-state index contributed by atoms with van der Waals surface area (Å²) in [5, 5.41) is 12.3. The van der Waals surface area contributed by atoms with Gasteiger partial charge in [0.15, 0.2) is 0 Å². The van der Waals surface area contributed by atoms with Crippen LogP contribution in [0.15, 0.2) is 297 Å². The maximum absolute atomic E-state index is 8.59. The minimum Gasteiger partial charge on any atom is -0.379 e. The summed E-state index contributed by atoms with van der Waals surface area (Å²) in [6.45, 7) is 48.9. The van der Waals surface area contributed by atoms with Gasteiger partial charge in [0, 0.05) is 102 Å². The van der Waals surface area contributed by atoms with E-state index >= 15 is 0 Å². The zero-order chi connectivity index (χ0) is 89.9. The third-order valence-electron chi connectivity index (χ3n) is 24.0. The van der Waals surface area contributed by atoms with Crippen molar-refractivity contribution in [1.29, 1.82) is 5.41 Å². The third kappa shape index (κ3) is 25.1. The van der Waals surface area contributed by atoms with Gasteiger partial charge >= 0.3 is 0 Å². The normalized spacial score (nSPS) is 11.7. The largest absolute Gasteiger partial charge is 0.379 e. The second-order valence-electron chi connectivity index (χ2n) is 38.9. The van der Waals surface area contributed by atoms with Crippen LogP contribution < -0.4 is 5.32 Å². The zero-order valence-corrected chi connectivity index (χ0v) is 86.8. The Morgan fingerprint density at radius 2 is 0.729 bits per heavy atom. The van der Waals surface area contributed by atoms with E-state index in [9.17, 15) is 0 Å². The van der Waals surface area contributed by atoms with Gasteiger partial charge in [0.05, 0.1) is 17.5 Å². The first-order valence-corrected chi connectivity index (χ1v) is 45.2. The first kappa shape index (κ1) is 101. The molecule has 2 aromatic heterocycles. The van der Waals surface area contributed by atoms with Gasteiger partial charge in [0.1, 0.15) is 5.84 Å². The summed E-state index contributed by atoms with van der Waals surface area (Å²) in [7, 11) is 0. The van der Waals surface area contributed by atoms with Crippen LogP contribution in [-0.2, 0) is 88.4 Å². The fourth-order valence-corrected chi connectivity index (χ4v) is 16.9. The zero-order valence-electron chi connectivity index (χ0n) is 79.6. The number of imidazole rings is 2. The van der Waals surface area contributed by atoms with Crippen LogP contribution in [0.5, 0.6) is 0 Å². The van der Waals surface area contributed by atoms with E-state index in [1.807, 2.05) is 61.1 Å². The molecule has 7 nitrogen and oxygen atoms in total. The molecule has 0 aliphatic carbocycles. The van der Waals surface area contributed by atoms with Crippen molar-refractivity contribution < 1.29 is 60.3 Å². The summed E-state index contributed by atoms with van der Waals surface area (Å²) in [5.74, 6) is 3.45. The number of nitrogens with zero attached hydrogens (tertiary/aromatic N) is 5. The number of nitrogens with one attached hydrogen (secondary N) is 2. The van der Waals surface area contributed by atoms with E-state index in [0.29, 0.717) is 17.7 Å². The number of aliphatic imine (C=N–C) groups is 1. The molecule has 0 unspecified atom stereocenters. The van der Waals surface area contributed by atoms with E-state index in [1.165, 1.54) is 138 Å². The van der Waals surface area contributed by atoms with Gasteiger partial charge in [-0.3, -0.25) is 20.4 Å². The molecule has 129 heavy (non-hydrogen) atoms. The Hall–Kier alpha value is -10.6. The average Bonchev–Trinajstić information content (AvgIpc) is 1.73. The molecule has 15 aromatic rings. The third-order valence-corrected chi connectivity index (χ3v) is 24.0. The predicted molar refractivity (Wildman–Crippen MR) is 539 cm³/mol. The molecule has 0 aliphatic heterocycles. The molecule has 0 spiro atoms. The van der Waals surface area contributed by atoms with Gasteiger partial charge in [0.2, 0.25) is 0 Å². The second kappa shape index (κ2) is 43.9. The van der Waals surface area contributed by atoms with E-state index in [2.05, 4.69) is 419 Å². The number of hydrogen-bond donors (Lipinski definition) is 2. The summed E-state index contributed by atoms with van der Waals surface area (Å²) in [6, 6.07) is 107. The molecule has 2 N–H and O–H groups in total. The molecular formula is C119H128Ir3N7-3. The van der Waals surface area contributed by atoms with Crippen molar-refractivity contribution in [2.45, 2.75) is 218 Å². The molecule has 0 bridgehead atoms. The van der Waals surface area contributed by atoms with Gasteiger partial charge in [-0.1, -0.05) is 276 Å². The molecule has 0 aliphatic rings. The molecule has 0 fully saturated rings. The van der Waals surface area contributed by atoms with Crippen LogP contribution in [0.1, 0.15) is 229 Å². The summed E-state index contributed by atoms with van der Waals surface area (Å²) in [4.78, 5) is 14.1. The SMILES string of the molecule is CC(=N)N=C(Nc1c(C)cc(-c2cc(-c3ccc(C(C)(C)C)cc3)cc(-c3ccc(C(C)(C)C)cc3)c2)cc1C)c1[c-]ccc(-c2cc(-c3ccc(C(C)(C)C)cc3)cc(-c3ccc(C(C)(C)C)cc3)c2)c1.CC(C)c1cc(-c2ccccc2)cc(C(C)C)c1-n1ccnc1-c1[c-]cccc1.CCCCCCc1cc(C)c(-n2ccnc2-c2[c-]cccc2)c(C)c1.[Ir].[Ir].[Ir]. The van der Waals surface area contributed by atoms with Crippen molar-refractivity contribution in [3.63, 3.8) is 0 Å². The monoisotopic (exact) mass is 2230 g/mol. The number of unbranched alkanes of at least 4 members (excludes halogenated alkanes) is 3. The number of amidine groups is 2. The fraction of sp³-hybridized carbons (Fsp3) is 0.277. The molecule has 13 aromatic carbocycles. The molecule has 0 saturated heterocycles. The van der Waals surface area contributed by atoms with Crippen LogP contribution in [0, 0.1) is 51.3 Å². The molecule has 0 atom stereocenters. The fourth-order valence-electron chi connectivity index (χ4n) is 16.9. The first-order valence-electron chi connectivity index (χ1n) is 45.2. The van der Waals surface area contributed by atoms with Gasteiger partial charge < -0.3 is 14.5 Å². The summed E-state index contributed by atoms with van der Waals surface area (Å²) in [5.41, 5.74) is 37.1. The van der Waals surface area contributed by atoms with Crippen molar-refractivity contribution in [2.75, 3.05) is 5.32 Å². The van der Waals surface area contributed by atoms with E-state index < -0.39 is 0 Å². The van der Waals surface area contributed by atoms with Crippen molar-refractivity contribution in [2.24, 2.45) is 4.99 Å². The number of benzene rings is 13. The Bertz CT molecular complexity index is 6060. The van der Waals surface area contributed by atoms with Crippen molar-refractivity contribution in [1.82, 2.24) is 19.1 Å². The smallest absolute Gasteiger partial charge is 0.109 e. The molecule has 3 radical (unpaired) electrons. The molecule has 0 amide bonds. The van der Waals surface area contributed by atoms with Crippen molar-refractivity contribution in [3.05, 3.63) is 377 Å². The Kier molecular flexibility index (Phi) is 34.2. The molecule has 669 valence electrons. The van der Waals surface area contributed by atoms with E-state index in [4.69, 9.17) is 10.4 Å².